The van der Waals surface area contributed by atoms with Gasteiger partial charge in [0.25, 0.3) is 11.1 Å². The highest BCUT2D eigenvalue weighted by molar-refractivity contribution is 9.11. The number of nitrogens with zero attached hydrogens (tertiary/aromatic N) is 1. The standard InChI is InChI=1S/C25H19Br2NO3S/c1-16-7-9-17(10-8-16)14-28-24(29)22(32-25(28)30)13-19-11-20(26)23(21(27)12-19)31-15-18-5-3-2-4-6-18/h2-13H,14-15H2,1H3/b22-13-. The van der Waals surface area contributed by atoms with Crippen LogP contribution in [0, 0.1) is 6.92 Å². The van der Waals surface area contributed by atoms with Gasteiger partial charge in [-0.15, -0.1) is 0 Å². The molecule has 4 nitrogen and oxygen atoms in total. The van der Waals surface area contributed by atoms with Crippen molar-refractivity contribution >= 4 is 60.8 Å². The molecule has 32 heavy (non-hydrogen) atoms. The van der Waals surface area contributed by atoms with E-state index in [1.54, 1.807) is 6.08 Å². The Hall–Kier alpha value is -2.35. The Kier molecular flexibility index (Phi) is 7.18. The first-order valence-electron chi connectivity index (χ1n) is 9.87. The SMILES string of the molecule is Cc1ccc(CN2C(=O)S/C(=C\c3cc(Br)c(OCc4ccccc4)c(Br)c3)C2=O)cc1. The summed E-state index contributed by atoms with van der Waals surface area (Å²) >= 11 is 8.07. The molecule has 0 aromatic heterocycles. The summed E-state index contributed by atoms with van der Waals surface area (Å²) in [7, 11) is 0. The van der Waals surface area contributed by atoms with Gasteiger partial charge >= 0.3 is 0 Å². The number of aryl methyl sites for hydroxylation is 1. The van der Waals surface area contributed by atoms with Gasteiger partial charge in [0.15, 0.2) is 0 Å². The van der Waals surface area contributed by atoms with Gasteiger partial charge in [-0.05, 0) is 85.4 Å². The maximum atomic E-state index is 12.9. The molecule has 7 heteroatoms. The average molecular weight is 573 g/mol. The molecular formula is C25H19Br2NO3S. The Balaban J connectivity index is 1.50. The molecule has 0 bridgehead atoms. The minimum absolute atomic E-state index is 0.261. The van der Waals surface area contributed by atoms with E-state index in [0.29, 0.717) is 17.3 Å². The molecule has 162 valence electrons. The summed E-state index contributed by atoms with van der Waals surface area (Å²) in [6.45, 7) is 2.71. The van der Waals surface area contributed by atoms with Gasteiger partial charge in [0.1, 0.15) is 12.4 Å². The molecule has 1 heterocycles. The average Bonchev–Trinajstić information content (AvgIpc) is 3.02. The van der Waals surface area contributed by atoms with E-state index < -0.39 is 0 Å². The largest absolute Gasteiger partial charge is 0.487 e. The second-order valence-electron chi connectivity index (χ2n) is 7.34. The first-order chi connectivity index (χ1) is 15.4. The second-order valence-corrected chi connectivity index (χ2v) is 10.0. The smallest absolute Gasteiger partial charge is 0.293 e. The van der Waals surface area contributed by atoms with Gasteiger partial charge in [0.2, 0.25) is 0 Å². The van der Waals surface area contributed by atoms with E-state index >= 15 is 0 Å². The van der Waals surface area contributed by atoms with Crippen LogP contribution in [-0.4, -0.2) is 16.0 Å². The first-order valence-corrected chi connectivity index (χ1v) is 12.3. The Bertz CT molecular complexity index is 1170. The number of halogens is 2. The lowest BCUT2D eigenvalue weighted by Gasteiger charge is -2.13. The third-order valence-electron chi connectivity index (χ3n) is 4.88. The molecule has 3 aromatic carbocycles. The van der Waals surface area contributed by atoms with Crippen molar-refractivity contribution in [3.05, 3.63) is 103 Å². The van der Waals surface area contributed by atoms with Crippen LogP contribution < -0.4 is 4.74 Å². The van der Waals surface area contributed by atoms with Crippen LogP contribution >= 0.6 is 43.6 Å². The van der Waals surface area contributed by atoms with Gasteiger partial charge in [0, 0.05) is 0 Å². The lowest BCUT2D eigenvalue weighted by atomic mass is 10.1. The number of ether oxygens (including phenoxy) is 1. The number of rotatable bonds is 6. The third-order valence-corrected chi connectivity index (χ3v) is 6.96. The van der Waals surface area contributed by atoms with Gasteiger partial charge in [-0.25, -0.2) is 0 Å². The van der Waals surface area contributed by atoms with Crippen LogP contribution in [-0.2, 0) is 17.9 Å². The van der Waals surface area contributed by atoms with E-state index in [2.05, 4.69) is 31.9 Å². The van der Waals surface area contributed by atoms with Gasteiger partial charge in [-0.3, -0.25) is 14.5 Å². The summed E-state index contributed by atoms with van der Waals surface area (Å²) in [5, 5.41) is -0.261. The fourth-order valence-electron chi connectivity index (χ4n) is 3.19. The summed E-state index contributed by atoms with van der Waals surface area (Å²) in [5.74, 6) is 0.399. The maximum Gasteiger partial charge on any atom is 0.293 e. The van der Waals surface area contributed by atoms with E-state index in [4.69, 9.17) is 4.74 Å². The summed E-state index contributed by atoms with van der Waals surface area (Å²) in [6, 6.07) is 21.5. The molecule has 0 spiro atoms. The zero-order chi connectivity index (χ0) is 22.7. The zero-order valence-corrected chi connectivity index (χ0v) is 21.2. The van der Waals surface area contributed by atoms with E-state index in [0.717, 1.165) is 43.0 Å². The zero-order valence-electron chi connectivity index (χ0n) is 17.2. The normalized spacial score (nSPS) is 15.0. The molecular weight excluding hydrogens is 554 g/mol. The summed E-state index contributed by atoms with van der Waals surface area (Å²) in [4.78, 5) is 27.0. The molecule has 1 saturated heterocycles. The minimum atomic E-state index is -0.280. The van der Waals surface area contributed by atoms with Gasteiger partial charge in [-0.1, -0.05) is 60.2 Å². The number of hydrogen-bond donors (Lipinski definition) is 0. The molecule has 1 fully saturated rings. The minimum Gasteiger partial charge on any atom is -0.487 e. The summed E-state index contributed by atoms with van der Waals surface area (Å²) in [6.07, 6.45) is 1.73. The number of thioether (sulfide) groups is 1. The van der Waals surface area contributed by atoms with Crippen LogP contribution in [0.15, 0.2) is 80.6 Å². The van der Waals surface area contributed by atoms with Gasteiger partial charge in [0.05, 0.1) is 20.4 Å². The van der Waals surface area contributed by atoms with E-state index in [-0.39, 0.29) is 17.7 Å². The third kappa shape index (κ3) is 5.34. The number of hydrogen-bond acceptors (Lipinski definition) is 4. The molecule has 2 amide bonds. The van der Waals surface area contributed by atoms with Crippen molar-refractivity contribution in [2.45, 2.75) is 20.1 Å². The fourth-order valence-corrected chi connectivity index (χ4v) is 5.48. The molecule has 1 aliphatic rings. The van der Waals surface area contributed by atoms with Crippen molar-refractivity contribution < 1.29 is 14.3 Å². The van der Waals surface area contributed by atoms with Crippen molar-refractivity contribution in [1.29, 1.82) is 0 Å². The molecule has 0 aliphatic carbocycles. The molecule has 0 saturated carbocycles. The van der Waals surface area contributed by atoms with Crippen LogP contribution in [0.1, 0.15) is 22.3 Å². The molecule has 0 N–H and O–H groups in total. The Morgan fingerprint density at radius 1 is 0.938 bits per heavy atom. The summed E-state index contributed by atoms with van der Waals surface area (Å²) < 4.78 is 7.47. The van der Waals surface area contributed by atoms with Crippen molar-refractivity contribution in [2.24, 2.45) is 0 Å². The number of imide groups is 1. The second kappa shape index (κ2) is 10.1. The van der Waals surface area contributed by atoms with Crippen molar-refractivity contribution in [2.75, 3.05) is 0 Å². The Morgan fingerprint density at radius 2 is 1.59 bits per heavy atom. The van der Waals surface area contributed by atoms with Crippen LogP contribution in [0.2, 0.25) is 0 Å². The lowest BCUT2D eigenvalue weighted by molar-refractivity contribution is -0.123. The molecule has 0 radical (unpaired) electrons. The quantitative estimate of drug-likeness (QED) is 0.290. The summed E-state index contributed by atoms with van der Waals surface area (Å²) in [5.41, 5.74) is 3.91. The van der Waals surface area contributed by atoms with Crippen molar-refractivity contribution in [1.82, 2.24) is 4.90 Å². The van der Waals surface area contributed by atoms with Crippen LogP contribution in [0.3, 0.4) is 0 Å². The van der Waals surface area contributed by atoms with Crippen LogP contribution in [0.4, 0.5) is 4.79 Å². The predicted molar refractivity (Wildman–Crippen MR) is 135 cm³/mol. The number of carbonyl (C=O) groups is 2. The van der Waals surface area contributed by atoms with Gasteiger partial charge < -0.3 is 4.74 Å². The highest BCUT2D eigenvalue weighted by Crippen LogP contribution is 2.38. The van der Waals surface area contributed by atoms with E-state index in [1.807, 2.05) is 73.7 Å². The van der Waals surface area contributed by atoms with Crippen molar-refractivity contribution in [3.8, 4) is 5.75 Å². The van der Waals surface area contributed by atoms with Gasteiger partial charge in [-0.2, -0.15) is 0 Å². The maximum absolute atomic E-state index is 12.9. The lowest BCUT2D eigenvalue weighted by Crippen LogP contribution is -2.27. The molecule has 0 atom stereocenters. The topological polar surface area (TPSA) is 46.6 Å². The van der Waals surface area contributed by atoms with E-state index in [1.165, 1.54) is 4.90 Å². The number of amides is 2. The molecule has 4 rings (SSSR count). The monoisotopic (exact) mass is 571 g/mol. The molecule has 3 aromatic rings. The Morgan fingerprint density at radius 3 is 2.25 bits per heavy atom. The van der Waals surface area contributed by atoms with Crippen molar-refractivity contribution in [3.63, 3.8) is 0 Å². The number of benzene rings is 3. The number of carbonyl (C=O) groups excluding carboxylic acids is 2. The predicted octanol–water partition coefficient (Wildman–Crippen LogP) is 7.34. The Labute approximate surface area is 207 Å². The van der Waals surface area contributed by atoms with E-state index in [9.17, 15) is 9.59 Å². The molecule has 1 aliphatic heterocycles. The fraction of sp³-hybridized carbons (Fsp3) is 0.120. The highest BCUT2D eigenvalue weighted by Gasteiger charge is 2.35. The molecule has 0 unspecified atom stereocenters. The highest BCUT2D eigenvalue weighted by atomic mass is 79.9. The van der Waals surface area contributed by atoms with Crippen LogP contribution in [0.5, 0.6) is 5.75 Å². The first kappa shape index (κ1) is 22.8. The van der Waals surface area contributed by atoms with Crippen LogP contribution in [0.25, 0.3) is 6.08 Å².